The Bertz CT molecular complexity index is 932. The number of ether oxygens (including phenoxy) is 2. The van der Waals surface area contributed by atoms with Gasteiger partial charge in [-0.1, -0.05) is 0 Å². The molecule has 0 spiro atoms. The predicted molar refractivity (Wildman–Crippen MR) is 85.3 cm³/mol. The van der Waals surface area contributed by atoms with Gasteiger partial charge in [-0.3, -0.25) is 14.6 Å². The average molecular weight is 310 g/mol. The van der Waals surface area contributed by atoms with Crippen LogP contribution in [0.25, 0.3) is 10.9 Å². The molecule has 0 aliphatic heterocycles. The van der Waals surface area contributed by atoms with E-state index in [1.54, 1.807) is 24.3 Å². The number of ketones is 1. The van der Waals surface area contributed by atoms with Crippen molar-refractivity contribution in [3.05, 3.63) is 64.2 Å². The quantitative estimate of drug-likeness (QED) is 0.747. The first-order valence-corrected chi connectivity index (χ1v) is 6.88. The molecule has 6 nitrogen and oxygen atoms in total. The smallest absolute Gasteiger partial charge is 0.200 e. The Kier molecular flexibility index (Phi) is 3.80. The van der Waals surface area contributed by atoms with Crippen LogP contribution < -0.4 is 14.9 Å². The maximum atomic E-state index is 12.7. The van der Waals surface area contributed by atoms with Gasteiger partial charge in [0.15, 0.2) is 17.3 Å². The molecule has 0 fully saturated rings. The number of rotatable bonds is 4. The molecule has 0 radical (unpaired) electrons. The van der Waals surface area contributed by atoms with E-state index >= 15 is 0 Å². The summed E-state index contributed by atoms with van der Waals surface area (Å²) in [4.78, 5) is 32.0. The van der Waals surface area contributed by atoms with E-state index in [4.69, 9.17) is 9.47 Å². The van der Waals surface area contributed by atoms with E-state index in [9.17, 15) is 9.59 Å². The summed E-state index contributed by atoms with van der Waals surface area (Å²) in [5.74, 6) is 0.577. The third-order valence-electron chi connectivity index (χ3n) is 3.57. The first-order valence-electron chi connectivity index (χ1n) is 6.88. The monoisotopic (exact) mass is 310 g/mol. The van der Waals surface area contributed by atoms with Crippen molar-refractivity contribution in [1.29, 1.82) is 0 Å². The molecule has 0 amide bonds. The Balaban J connectivity index is 2.19. The molecule has 1 aromatic carbocycles. The molecule has 6 heteroatoms. The Morgan fingerprint density at radius 3 is 2.39 bits per heavy atom. The molecular formula is C17H14N2O4. The first kappa shape index (κ1) is 14.8. The number of H-pyrrole nitrogens is 1. The van der Waals surface area contributed by atoms with Crippen LogP contribution in [0, 0.1) is 0 Å². The van der Waals surface area contributed by atoms with Crippen molar-refractivity contribution >= 4 is 16.7 Å². The number of hydrogen-bond donors (Lipinski definition) is 1. The highest BCUT2D eigenvalue weighted by Crippen LogP contribution is 2.30. The van der Waals surface area contributed by atoms with E-state index in [0.29, 0.717) is 28.0 Å². The minimum atomic E-state index is -0.360. The van der Waals surface area contributed by atoms with Gasteiger partial charge in [0.1, 0.15) is 0 Å². The van der Waals surface area contributed by atoms with E-state index in [0.717, 1.165) is 0 Å². The molecule has 0 unspecified atom stereocenters. The van der Waals surface area contributed by atoms with Crippen LogP contribution in [0.5, 0.6) is 11.5 Å². The van der Waals surface area contributed by atoms with Crippen LogP contribution in [0.4, 0.5) is 0 Å². The van der Waals surface area contributed by atoms with Gasteiger partial charge in [-0.2, -0.15) is 0 Å². The normalized spacial score (nSPS) is 10.5. The molecule has 3 rings (SSSR count). The first-order chi connectivity index (χ1) is 11.2. The number of carbonyl (C=O) groups excluding carboxylic acids is 1. The summed E-state index contributed by atoms with van der Waals surface area (Å²) in [7, 11) is 3.01. The summed E-state index contributed by atoms with van der Waals surface area (Å²) in [5.41, 5.74) is 0.682. The highest BCUT2D eigenvalue weighted by atomic mass is 16.5. The standard InChI is InChI=1S/C17H14N2O4/c1-22-14-7-11-13(8-15(14)23-2)19-9-12(17(11)21)16(20)10-3-5-18-6-4-10/h3-9H,1-2H3,(H,19,21). The van der Waals surface area contributed by atoms with Crippen molar-refractivity contribution in [2.24, 2.45) is 0 Å². The van der Waals surface area contributed by atoms with Gasteiger partial charge in [0.2, 0.25) is 5.43 Å². The number of benzene rings is 1. The lowest BCUT2D eigenvalue weighted by Crippen LogP contribution is -2.17. The molecule has 0 saturated heterocycles. The molecule has 116 valence electrons. The van der Waals surface area contributed by atoms with Gasteiger partial charge >= 0.3 is 0 Å². The number of pyridine rings is 2. The number of nitrogens with zero attached hydrogens (tertiary/aromatic N) is 1. The fourth-order valence-electron chi connectivity index (χ4n) is 2.37. The third-order valence-corrected chi connectivity index (χ3v) is 3.57. The van der Waals surface area contributed by atoms with Crippen LogP contribution in [0.2, 0.25) is 0 Å². The Hall–Kier alpha value is -3.15. The number of aromatic amines is 1. The predicted octanol–water partition coefficient (Wildman–Crippen LogP) is 2.17. The average Bonchev–Trinajstić information content (AvgIpc) is 2.61. The second kappa shape index (κ2) is 5.92. The minimum Gasteiger partial charge on any atom is -0.493 e. The van der Waals surface area contributed by atoms with Gasteiger partial charge in [0.05, 0.1) is 30.7 Å². The molecule has 0 aliphatic rings. The van der Waals surface area contributed by atoms with Crippen LogP contribution in [-0.4, -0.2) is 30.0 Å². The Morgan fingerprint density at radius 1 is 1.09 bits per heavy atom. The number of aromatic nitrogens is 2. The zero-order valence-corrected chi connectivity index (χ0v) is 12.6. The maximum absolute atomic E-state index is 12.7. The minimum absolute atomic E-state index is 0.0657. The zero-order chi connectivity index (χ0) is 16.4. The van der Waals surface area contributed by atoms with E-state index in [1.807, 2.05) is 0 Å². The van der Waals surface area contributed by atoms with Crippen LogP contribution in [0.15, 0.2) is 47.7 Å². The van der Waals surface area contributed by atoms with Crippen molar-refractivity contribution in [1.82, 2.24) is 9.97 Å². The van der Waals surface area contributed by atoms with Crippen LogP contribution in [-0.2, 0) is 0 Å². The number of hydrogen-bond acceptors (Lipinski definition) is 5. The summed E-state index contributed by atoms with van der Waals surface area (Å²) >= 11 is 0. The van der Waals surface area contributed by atoms with Crippen molar-refractivity contribution in [2.45, 2.75) is 0 Å². The SMILES string of the molecule is COc1cc2[nH]cc(C(=O)c3ccncc3)c(=O)c2cc1OC. The Morgan fingerprint density at radius 2 is 1.74 bits per heavy atom. The summed E-state index contributed by atoms with van der Waals surface area (Å²) in [6.07, 6.45) is 4.44. The molecule has 3 aromatic rings. The van der Waals surface area contributed by atoms with Crippen LogP contribution in [0.3, 0.4) is 0 Å². The summed E-state index contributed by atoms with van der Waals surface area (Å²) < 4.78 is 10.4. The van der Waals surface area contributed by atoms with Gasteiger partial charge in [0.25, 0.3) is 0 Å². The molecule has 23 heavy (non-hydrogen) atoms. The van der Waals surface area contributed by atoms with Crippen molar-refractivity contribution in [2.75, 3.05) is 14.2 Å². The number of nitrogens with one attached hydrogen (secondary N) is 1. The summed E-state index contributed by atoms with van der Waals surface area (Å²) in [6, 6.07) is 6.37. The van der Waals surface area contributed by atoms with Gasteiger partial charge < -0.3 is 14.5 Å². The van der Waals surface area contributed by atoms with E-state index in [1.165, 1.54) is 32.8 Å². The van der Waals surface area contributed by atoms with E-state index in [-0.39, 0.29) is 16.8 Å². The molecule has 0 atom stereocenters. The Labute approximate surface area is 131 Å². The molecule has 2 heterocycles. The lowest BCUT2D eigenvalue weighted by Gasteiger charge is -2.09. The number of carbonyl (C=O) groups is 1. The molecular weight excluding hydrogens is 296 g/mol. The molecule has 1 N–H and O–H groups in total. The van der Waals surface area contributed by atoms with Crippen molar-refractivity contribution in [3.63, 3.8) is 0 Å². The number of fused-ring (bicyclic) bond motifs is 1. The lowest BCUT2D eigenvalue weighted by molar-refractivity contribution is 0.103. The fourth-order valence-corrected chi connectivity index (χ4v) is 2.37. The lowest BCUT2D eigenvalue weighted by atomic mass is 10.0. The van der Waals surface area contributed by atoms with E-state index < -0.39 is 0 Å². The molecule has 0 saturated carbocycles. The fraction of sp³-hybridized carbons (Fsp3) is 0.118. The highest BCUT2D eigenvalue weighted by molar-refractivity contribution is 6.10. The number of methoxy groups -OCH3 is 2. The summed E-state index contributed by atoms with van der Waals surface area (Å²) in [6.45, 7) is 0. The van der Waals surface area contributed by atoms with Crippen LogP contribution >= 0.6 is 0 Å². The molecule has 0 bridgehead atoms. The van der Waals surface area contributed by atoms with Crippen molar-refractivity contribution in [3.8, 4) is 11.5 Å². The zero-order valence-electron chi connectivity index (χ0n) is 12.6. The third kappa shape index (κ3) is 2.55. The highest BCUT2D eigenvalue weighted by Gasteiger charge is 2.16. The van der Waals surface area contributed by atoms with E-state index in [2.05, 4.69) is 9.97 Å². The maximum Gasteiger partial charge on any atom is 0.200 e. The van der Waals surface area contributed by atoms with Crippen LogP contribution in [0.1, 0.15) is 15.9 Å². The molecule has 2 aromatic heterocycles. The summed E-state index contributed by atoms with van der Waals surface area (Å²) in [5, 5.41) is 0.363. The van der Waals surface area contributed by atoms with Gasteiger partial charge in [-0.15, -0.1) is 0 Å². The van der Waals surface area contributed by atoms with Gasteiger partial charge in [-0.25, -0.2) is 0 Å². The molecule has 0 aliphatic carbocycles. The van der Waals surface area contributed by atoms with Gasteiger partial charge in [0, 0.05) is 30.2 Å². The van der Waals surface area contributed by atoms with Gasteiger partial charge in [-0.05, 0) is 18.2 Å². The second-order valence-corrected chi connectivity index (χ2v) is 4.85. The largest absolute Gasteiger partial charge is 0.493 e. The second-order valence-electron chi connectivity index (χ2n) is 4.85. The van der Waals surface area contributed by atoms with Crippen molar-refractivity contribution < 1.29 is 14.3 Å². The topological polar surface area (TPSA) is 81.3 Å².